The molecule has 8 heteroatoms. The van der Waals surface area contributed by atoms with Crippen LogP contribution in [0.1, 0.15) is 5.56 Å². The lowest BCUT2D eigenvalue weighted by molar-refractivity contribution is -0.134. The standard InChI is InChI=1S/C20H16N4O3S/c1-22-18(25)16(19(26)23(2)20(22)27)10-14-11-24(15-6-4-3-5-7-15)21-17(14)13-8-9-28-12-13/h3-12H,1-2H3. The lowest BCUT2D eigenvalue weighted by atomic mass is 10.1. The topological polar surface area (TPSA) is 75.5 Å². The van der Waals surface area contributed by atoms with Crippen molar-refractivity contribution in [2.75, 3.05) is 14.1 Å². The second-order valence-corrected chi connectivity index (χ2v) is 7.07. The van der Waals surface area contributed by atoms with Crippen LogP contribution in [0.5, 0.6) is 0 Å². The third kappa shape index (κ3) is 2.93. The summed E-state index contributed by atoms with van der Waals surface area (Å²) in [6.07, 6.45) is 3.27. The van der Waals surface area contributed by atoms with Crippen molar-refractivity contribution in [2.24, 2.45) is 0 Å². The fourth-order valence-corrected chi connectivity index (χ4v) is 3.60. The molecule has 0 saturated carbocycles. The van der Waals surface area contributed by atoms with Gasteiger partial charge < -0.3 is 0 Å². The molecule has 0 N–H and O–H groups in total. The number of imide groups is 2. The first-order valence-corrected chi connectivity index (χ1v) is 9.41. The fraction of sp³-hybridized carbons (Fsp3) is 0.100. The largest absolute Gasteiger partial charge is 0.333 e. The first kappa shape index (κ1) is 17.9. The molecular formula is C20H16N4O3S. The maximum Gasteiger partial charge on any atom is 0.333 e. The maximum atomic E-state index is 12.5. The predicted molar refractivity (Wildman–Crippen MR) is 106 cm³/mol. The molecule has 1 fully saturated rings. The number of likely N-dealkylation sites (N-methyl/N-ethyl adjacent to an activating group) is 2. The number of amides is 4. The van der Waals surface area contributed by atoms with Gasteiger partial charge in [0.2, 0.25) is 0 Å². The number of benzene rings is 1. The van der Waals surface area contributed by atoms with Crippen molar-refractivity contribution in [1.29, 1.82) is 0 Å². The fourth-order valence-electron chi connectivity index (χ4n) is 2.96. The predicted octanol–water partition coefficient (Wildman–Crippen LogP) is 3.03. The van der Waals surface area contributed by atoms with Gasteiger partial charge in [0.1, 0.15) is 11.3 Å². The van der Waals surface area contributed by atoms with Gasteiger partial charge in [0.05, 0.1) is 5.69 Å². The molecule has 0 spiro atoms. The number of thiophene rings is 1. The van der Waals surface area contributed by atoms with Gasteiger partial charge in [0, 0.05) is 36.8 Å². The van der Waals surface area contributed by atoms with E-state index in [-0.39, 0.29) is 5.57 Å². The Kier molecular flexibility index (Phi) is 4.40. The molecule has 0 bridgehead atoms. The van der Waals surface area contributed by atoms with Crippen molar-refractivity contribution in [2.45, 2.75) is 0 Å². The number of para-hydroxylation sites is 1. The highest BCUT2D eigenvalue weighted by Crippen LogP contribution is 2.28. The summed E-state index contributed by atoms with van der Waals surface area (Å²) in [6, 6.07) is 10.8. The smallest absolute Gasteiger partial charge is 0.268 e. The van der Waals surface area contributed by atoms with Gasteiger partial charge in [0.25, 0.3) is 11.8 Å². The maximum absolute atomic E-state index is 12.5. The van der Waals surface area contributed by atoms with Crippen LogP contribution in [-0.4, -0.2) is 51.5 Å². The molecule has 140 valence electrons. The number of barbiturate groups is 1. The molecule has 2 aromatic heterocycles. The van der Waals surface area contributed by atoms with Gasteiger partial charge >= 0.3 is 6.03 Å². The van der Waals surface area contributed by atoms with E-state index in [1.54, 1.807) is 10.9 Å². The minimum absolute atomic E-state index is 0.0753. The number of carbonyl (C=O) groups excluding carboxylic acids is 3. The van der Waals surface area contributed by atoms with Gasteiger partial charge in [-0.05, 0) is 29.7 Å². The zero-order valence-corrected chi connectivity index (χ0v) is 16.0. The third-order valence-corrected chi connectivity index (χ3v) is 5.18. The molecule has 0 unspecified atom stereocenters. The van der Waals surface area contributed by atoms with E-state index < -0.39 is 17.8 Å². The summed E-state index contributed by atoms with van der Waals surface area (Å²) in [7, 11) is 2.71. The molecule has 0 aliphatic carbocycles. The van der Waals surface area contributed by atoms with E-state index in [1.807, 2.05) is 47.2 Å². The molecule has 1 aliphatic rings. The lowest BCUT2D eigenvalue weighted by Crippen LogP contribution is -2.52. The first-order valence-electron chi connectivity index (χ1n) is 8.47. The number of nitrogens with zero attached hydrogens (tertiary/aromatic N) is 4. The Morgan fingerprint density at radius 2 is 1.64 bits per heavy atom. The van der Waals surface area contributed by atoms with E-state index in [0.717, 1.165) is 21.1 Å². The summed E-state index contributed by atoms with van der Waals surface area (Å²) in [4.78, 5) is 38.9. The van der Waals surface area contributed by atoms with Crippen molar-refractivity contribution in [3.05, 3.63) is 64.5 Å². The monoisotopic (exact) mass is 392 g/mol. The van der Waals surface area contributed by atoms with Crippen LogP contribution >= 0.6 is 11.3 Å². The molecule has 3 aromatic rings. The van der Waals surface area contributed by atoms with E-state index in [4.69, 9.17) is 0 Å². The molecule has 0 atom stereocenters. The van der Waals surface area contributed by atoms with Crippen LogP contribution in [0.3, 0.4) is 0 Å². The summed E-state index contributed by atoms with van der Waals surface area (Å²) in [5, 5.41) is 8.54. The molecule has 4 amide bonds. The summed E-state index contributed by atoms with van der Waals surface area (Å²) in [5.74, 6) is -1.26. The van der Waals surface area contributed by atoms with E-state index in [2.05, 4.69) is 5.10 Å². The average molecular weight is 392 g/mol. The highest BCUT2D eigenvalue weighted by molar-refractivity contribution is 7.08. The quantitative estimate of drug-likeness (QED) is 0.507. The van der Waals surface area contributed by atoms with Crippen molar-refractivity contribution in [3.63, 3.8) is 0 Å². The summed E-state index contributed by atoms with van der Waals surface area (Å²) in [6.45, 7) is 0. The van der Waals surface area contributed by atoms with Crippen molar-refractivity contribution in [3.8, 4) is 16.9 Å². The van der Waals surface area contributed by atoms with E-state index in [9.17, 15) is 14.4 Å². The van der Waals surface area contributed by atoms with Crippen molar-refractivity contribution < 1.29 is 14.4 Å². The SMILES string of the molecule is CN1C(=O)C(=Cc2cn(-c3ccccc3)nc2-c2ccsc2)C(=O)N(C)C1=O. The van der Waals surface area contributed by atoms with Crippen LogP contribution < -0.4 is 0 Å². The second kappa shape index (κ2) is 6.90. The van der Waals surface area contributed by atoms with Crippen LogP contribution in [0.2, 0.25) is 0 Å². The van der Waals surface area contributed by atoms with Gasteiger partial charge in [-0.15, -0.1) is 0 Å². The number of carbonyl (C=O) groups is 3. The van der Waals surface area contributed by atoms with Gasteiger partial charge in [-0.25, -0.2) is 9.48 Å². The molecule has 1 aromatic carbocycles. The molecule has 1 aliphatic heterocycles. The lowest BCUT2D eigenvalue weighted by Gasteiger charge is -2.28. The highest BCUT2D eigenvalue weighted by atomic mass is 32.1. The van der Waals surface area contributed by atoms with Crippen molar-refractivity contribution >= 4 is 35.3 Å². The molecule has 1 saturated heterocycles. The van der Waals surface area contributed by atoms with E-state index >= 15 is 0 Å². The van der Waals surface area contributed by atoms with Crippen LogP contribution in [0.4, 0.5) is 4.79 Å². The zero-order valence-electron chi connectivity index (χ0n) is 15.2. The first-order chi connectivity index (χ1) is 13.5. The molecule has 0 radical (unpaired) electrons. The second-order valence-electron chi connectivity index (χ2n) is 6.29. The van der Waals surface area contributed by atoms with Gasteiger partial charge in [-0.1, -0.05) is 18.2 Å². The Balaban J connectivity index is 1.86. The summed E-state index contributed by atoms with van der Waals surface area (Å²) < 4.78 is 1.70. The minimum atomic E-state index is -0.648. The zero-order chi connectivity index (χ0) is 19.8. The molecule has 3 heterocycles. The van der Waals surface area contributed by atoms with Gasteiger partial charge in [-0.2, -0.15) is 16.4 Å². The third-order valence-electron chi connectivity index (χ3n) is 4.50. The van der Waals surface area contributed by atoms with E-state index in [0.29, 0.717) is 11.3 Å². The molecule has 28 heavy (non-hydrogen) atoms. The average Bonchev–Trinajstić information content (AvgIpc) is 3.38. The van der Waals surface area contributed by atoms with Crippen LogP contribution in [-0.2, 0) is 9.59 Å². The Labute approximate surface area is 165 Å². The number of urea groups is 1. The Morgan fingerprint density at radius 1 is 0.964 bits per heavy atom. The van der Waals surface area contributed by atoms with Crippen LogP contribution in [0.15, 0.2) is 58.9 Å². The van der Waals surface area contributed by atoms with Gasteiger partial charge in [0.15, 0.2) is 0 Å². The normalized spacial score (nSPS) is 14.8. The van der Waals surface area contributed by atoms with E-state index in [1.165, 1.54) is 31.5 Å². The highest BCUT2D eigenvalue weighted by Gasteiger charge is 2.38. The number of hydrogen-bond acceptors (Lipinski definition) is 5. The Hall–Kier alpha value is -3.52. The van der Waals surface area contributed by atoms with Gasteiger partial charge in [-0.3, -0.25) is 19.4 Å². The molecular weight excluding hydrogens is 376 g/mol. The number of hydrogen-bond donors (Lipinski definition) is 0. The number of aromatic nitrogens is 2. The van der Waals surface area contributed by atoms with Crippen LogP contribution in [0, 0.1) is 0 Å². The van der Waals surface area contributed by atoms with Crippen LogP contribution in [0.25, 0.3) is 23.0 Å². The minimum Gasteiger partial charge on any atom is -0.268 e. The molecule has 4 rings (SSSR count). The van der Waals surface area contributed by atoms with Crippen molar-refractivity contribution in [1.82, 2.24) is 19.6 Å². The summed E-state index contributed by atoms with van der Waals surface area (Å²) in [5.41, 5.74) is 2.94. The molecule has 7 nitrogen and oxygen atoms in total. The number of rotatable bonds is 3. The Morgan fingerprint density at radius 3 is 2.25 bits per heavy atom. The summed E-state index contributed by atoms with van der Waals surface area (Å²) >= 11 is 1.53. The Bertz CT molecular complexity index is 1070.